The number of hydrogen-bond donors (Lipinski definition) is 3. The number of carbonyl (C=O) groups is 1. The molecule has 1 saturated heterocycles. The van der Waals surface area contributed by atoms with Gasteiger partial charge in [0, 0.05) is 18.2 Å². The highest BCUT2D eigenvalue weighted by atomic mass is 35.5. The van der Waals surface area contributed by atoms with Crippen molar-refractivity contribution in [3.63, 3.8) is 0 Å². The number of aromatic hydroxyl groups is 1. The Morgan fingerprint density at radius 1 is 1.31 bits per heavy atom. The number of fused-ring (bicyclic) bond motifs is 1. The summed E-state index contributed by atoms with van der Waals surface area (Å²) in [6.45, 7) is 6.53. The van der Waals surface area contributed by atoms with Gasteiger partial charge >= 0.3 is 0 Å². The first-order valence-electron chi connectivity index (χ1n) is 10.3. The molecule has 1 saturated carbocycles. The Kier molecular flexibility index (Phi) is 6.53. The van der Waals surface area contributed by atoms with E-state index in [1.54, 1.807) is 10.8 Å². The summed E-state index contributed by atoms with van der Waals surface area (Å²) < 4.78 is 2.98. The number of hydrogen-bond acceptors (Lipinski definition) is 5. The first-order valence-corrected chi connectivity index (χ1v) is 10.3. The lowest BCUT2D eigenvalue weighted by Crippen LogP contribution is -2.36. The van der Waals surface area contributed by atoms with E-state index in [4.69, 9.17) is 0 Å². The highest BCUT2D eigenvalue weighted by Crippen LogP contribution is 2.25. The Bertz CT molecular complexity index is 942. The van der Waals surface area contributed by atoms with Crippen LogP contribution in [0.5, 0.6) is 5.88 Å². The van der Waals surface area contributed by atoms with E-state index in [9.17, 15) is 14.7 Å². The first kappa shape index (κ1) is 21.6. The third kappa shape index (κ3) is 4.43. The minimum Gasteiger partial charge on any atom is -0.492 e. The molecule has 1 amide bonds. The Labute approximate surface area is 176 Å². The Balaban J connectivity index is 0.00000240. The van der Waals surface area contributed by atoms with Gasteiger partial charge in [0.05, 0.1) is 6.20 Å². The van der Waals surface area contributed by atoms with Crippen LogP contribution in [0.1, 0.15) is 55.5 Å². The van der Waals surface area contributed by atoms with Gasteiger partial charge in [0.1, 0.15) is 5.65 Å². The highest BCUT2D eigenvalue weighted by Gasteiger charge is 2.30. The van der Waals surface area contributed by atoms with Crippen molar-refractivity contribution in [1.82, 2.24) is 24.8 Å². The lowest BCUT2D eigenvalue weighted by Gasteiger charge is -2.22. The molecule has 0 atom stereocenters. The Hall–Kier alpha value is -2.06. The smallest absolute Gasteiger partial charge is 0.270 e. The summed E-state index contributed by atoms with van der Waals surface area (Å²) in [5.74, 6) is -0.140. The molecule has 160 valence electrons. The Morgan fingerprint density at radius 2 is 2.00 bits per heavy atom. The highest BCUT2D eigenvalue weighted by molar-refractivity contribution is 5.96. The number of halogens is 1. The molecule has 2 fully saturated rings. The molecule has 2 aromatic heterocycles. The van der Waals surface area contributed by atoms with Crippen LogP contribution in [0.2, 0.25) is 0 Å². The van der Waals surface area contributed by atoms with E-state index < -0.39 is 11.5 Å². The van der Waals surface area contributed by atoms with Gasteiger partial charge < -0.3 is 15.7 Å². The molecule has 3 heterocycles. The lowest BCUT2D eigenvalue weighted by atomic mass is 9.92. The SMILES string of the molecule is CC(C)Cn1c(=O)c(C(=O)NC2CC2)c(O)n2ncc(CC3CCNCC3)c12.Cl. The maximum Gasteiger partial charge on any atom is 0.270 e. The van der Waals surface area contributed by atoms with E-state index in [2.05, 4.69) is 15.7 Å². The molecule has 0 spiro atoms. The average molecular weight is 424 g/mol. The summed E-state index contributed by atoms with van der Waals surface area (Å²) in [5, 5.41) is 21.2. The number of nitrogens with one attached hydrogen (secondary N) is 2. The summed E-state index contributed by atoms with van der Waals surface area (Å²) in [7, 11) is 0. The molecule has 4 rings (SSSR count). The van der Waals surface area contributed by atoms with Crippen molar-refractivity contribution in [2.24, 2.45) is 11.8 Å². The molecular weight excluding hydrogens is 394 g/mol. The predicted octanol–water partition coefficient (Wildman–Crippen LogP) is 1.71. The van der Waals surface area contributed by atoms with Crippen molar-refractivity contribution >= 4 is 24.0 Å². The van der Waals surface area contributed by atoms with Gasteiger partial charge in [0.15, 0.2) is 5.56 Å². The van der Waals surface area contributed by atoms with Crippen LogP contribution in [0.3, 0.4) is 0 Å². The predicted molar refractivity (Wildman–Crippen MR) is 113 cm³/mol. The van der Waals surface area contributed by atoms with Gasteiger partial charge in [0.2, 0.25) is 5.88 Å². The zero-order chi connectivity index (χ0) is 19.8. The third-order valence-electron chi connectivity index (χ3n) is 5.61. The molecule has 0 unspecified atom stereocenters. The third-order valence-corrected chi connectivity index (χ3v) is 5.61. The van der Waals surface area contributed by atoms with Crippen molar-refractivity contribution in [3.8, 4) is 5.88 Å². The van der Waals surface area contributed by atoms with E-state index in [-0.39, 0.29) is 35.8 Å². The molecule has 0 aromatic carbocycles. The summed E-state index contributed by atoms with van der Waals surface area (Å²) in [6.07, 6.45) is 6.54. The molecule has 3 N–H and O–H groups in total. The summed E-state index contributed by atoms with van der Waals surface area (Å²) in [5.41, 5.74) is 0.910. The first-order chi connectivity index (χ1) is 13.5. The molecule has 0 bridgehead atoms. The largest absolute Gasteiger partial charge is 0.492 e. The number of rotatable bonds is 6. The van der Waals surface area contributed by atoms with Gasteiger partial charge in [-0.15, -0.1) is 12.4 Å². The average Bonchev–Trinajstić information content (AvgIpc) is 3.37. The van der Waals surface area contributed by atoms with Crippen LogP contribution < -0.4 is 16.2 Å². The van der Waals surface area contributed by atoms with Gasteiger partial charge in [-0.25, -0.2) is 0 Å². The van der Waals surface area contributed by atoms with Crippen LogP contribution in [-0.4, -0.2) is 44.3 Å². The van der Waals surface area contributed by atoms with Crippen LogP contribution in [0.25, 0.3) is 5.65 Å². The number of carbonyl (C=O) groups excluding carboxylic acids is 1. The summed E-state index contributed by atoms with van der Waals surface area (Å²) in [6, 6.07) is 0.105. The molecule has 2 aromatic rings. The second-order valence-electron chi connectivity index (χ2n) is 8.56. The fourth-order valence-electron chi connectivity index (χ4n) is 4.01. The second-order valence-corrected chi connectivity index (χ2v) is 8.56. The van der Waals surface area contributed by atoms with Crippen LogP contribution in [0.4, 0.5) is 0 Å². The maximum atomic E-state index is 13.2. The van der Waals surface area contributed by atoms with Crippen LogP contribution in [0.15, 0.2) is 11.0 Å². The molecule has 29 heavy (non-hydrogen) atoms. The fraction of sp³-hybridized carbons (Fsp3) is 0.650. The van der Waals surface area contributed by atoms with E-state index in [1.807, 2.05) is 13.8 Å². The van der Waals surface area contributed by atoms with E-state index in [1.165, 1.54) is 4.52 Å². The number of amides is 1. The topological polar surface area (TPSA) is 101 Å². The van der Waals surface area contributed by atoms with Crippen LogP contribution in [-0.2, 0) is 13.0 Å². The minimum absolute atomic E-state index is 0. The molecular formula is C20H30ClN5O3. The molecule has 2 aliphatic rings. The van der Waals surface area contributed by atoms with Crippen molar-refractivity contribution in [3.05, 3.63) is 27.7 Å². The van der Waals surface area contributed by atoms with Gasteiger partial charge in [-0.3, -0.25) is 14.2 Å². The summed E-state index contributed by atoms with van der Waals surface area (Å²) in [4.78, 5) is 25.8. The molecule has 0 radical (unpaired) electrons. The zero-order valence-electron chi connectivity index (χ0n) is 17.0. The number of aromatic nitrogens is 3. The number of nitrogens with zero attached hydrogens (tertiary/aromatic N) is 3. The van der Waals surface area contributed by atoms with Crippen LogP contribution >= 0.6 is 12.4 Å². The van der Waals surface area contributed by atoms with Gasteiger partial charge in [-0.1, -0.05) is 13.8 Å². The standard InChI is InChI=1S/C20H29N5O3.ClH/c1-12(2)11-24-18-14(9-13-5-7-21-8-6-13)10-22-25(18)20(28)16(19(24)27)17(26)23-15-3-4-15;/h10,12-13,15,21,28H,3-9,11H2,1-2H3,(H,23,26);1H. The van der Waals surface area contributed by atoms with Crippen LogP contribution in [0, 0.1) is 11.8 Å². The van der Waals surface area contributed by atoms with Crippen molar-refractivity contribution < 1.29 is 9.90 Å². The van der Waals surface area contributed by atoms with Crippen molar-refractivity contribution in [2.45, 2.75) is 58.5 Å². The molecule has 1 aliphatic carbocycles. The fourth-order valence-corrected chi connectivity index (χ4v) is 4.01. The van der Waals surface area contributed by atoms with E-state index >= 15 is 0 Å². The van der Waals surface area contributed by atoms with Crippen molar-refractivity contribution in [2.75, 3.05) is 13.1 Å². The van der Waals surface area contributed by atoms with E-state index in [0.717, 1.165) is 50.8 Å². The minimum atomic E-state index is -0.514. The van der Waals surface area contributed by atoms with E-state index in [0.29, 0.717) is 18.1 Å². The lowest BCUT2D eigenvalue weighted by molar-refractivity contribution is 0.0944. The molecule has 9 heteroatoms. The molecule has 8 nitrogen and oxygen atoms in total. The van der Waals surface area contributed by atoms with Gasteiger partial charge in [-0.2, -0.15) is 9.61 Å². The van der Waals surface area contributed by atoms with Crippen molar-refractivity contribution in [1.29, 1.82) is 0 Å². The maximum absolute atomic E-state index is 13.2. The summed E-state index contributed by atoms with van der Waals surface area (Å²) >= 11 is 0. The molecule has 1 aliphatic heterocycles. The number of piperidine rings is 1. The monoisotopic (exact) mass is 423 g/mol. The Morgan fingerprint density at radius 3 is 2.62 bits per heavy atom. The quantitative estimate of drug-likeness (QED) is 0.656. The normalized spacial score (nSPS) is 17.5. The second kappa shape index (κ2) is 8.75. The van der Waals surface area contributed by atoms with Gasteiger partial charge in [-0.05, 0) is 57.0 Å². The van der Waals surface area contributed by atoms with Gasteiger partial charge in [0.25, 0.3) is 11.5 Å². The zero-order valence-corrected chi connectivity index (χ0v) is 17.8.